The topological polar surface area (TPSA) is 24.8 Å². The van der Waals surface area contributed by atoms with Crippen LogP contribution in [-0.2, 0) is 17.6 Å². The quantitative estimate of drug-likeness (QED) is 0.387. The van der Waals surface area contributed by atoms with E-state index < -0.39 is 0 Å². The summed E-state index contributed by atoms with van der Waals surface area (Å²) in [5, 5.41) is 0.798. The van der Waals surface area contributed by atoms with E-state index in [0.29, 0.717) is 12.0 Å². The summed E-state index contributed by atoms with van der Waals surface area (Å²) in [6.45, 7) is 12.3. The monoisotopic (exact) mass is 492 g/mol. The van der Waals surface area contributed by atoms with Crippen LogP contribution in [0.5, 0.6) is 0 Å². The third-order valence-corrected chi connectivity index (χ3v) is 7.95. The number of hydrogen-bond acceptors (Lipinski definition) is 3. The molecule has 0 spiro atoms. The maximum atomic E-state index is 6.54. The second-order valence-electron chi connectivity index (χ2n) is 9.89. The first kappa shape index (κ1) is 26.1. The van der Waals surface area contributed by atoms with Gasteiger partial charge in [-0.3, -0.25) is 9.89 Å². The Morgan fingerprint density at radius 3 is 2.60 bits per heavy atom. The van der Waals surface area contributed by atoms with Crippen LogP contribution in [0.3, 0.4) is 0 Å². The normalized spacial score (nSPS) is 21.2. The summed E-state index contributed by atoms with van der Waals surface area (Å²) in [5.74, 6) is 0.596. The molecular formula is C31H41ClN2O. The van der Waals surface area contributed by atoms with Crippen molar-refractivity contribution in [2.45, 2.75) is 78.2 Å². The van der Waals surface area contributed by atoms with Crippen LogP contribution in [0, 0.1) is 0 Å². The van der Waals surface area contributed by atoms with Crippen LogP contribution in [0.4, 0.5) is 0 Å². The van der Waals surface area contributed by atoms with Gasteiger partial charge in [0.05, 0.1) is 18.9 Å². The molecule has 2 aliphatic heterocycles. The summed E-state index contributed by atoms with van der Waals surface area (Å²) in [6.07, 6.45) is 6.68. The van der Waals surface area contributed by atoms with Crippen molar-refractivity contribution < 1.29 is 4.74 Å². The van der Waals surface area contributed by atoms with Gasteiger partial charge in [-0.05, 0) is 67.4 Å². The highest BCUT2D eigenvalue weighted by Crippen LogP contribution is 2.32. The standard InChI is InChI=1S/C29H35ClN2O.C2H6/c1-3-6-28(26-7-4-5-8-27(26)30)31-29-17-32(14-13-20(29)2)25-12-11-21-9-10-22(15-23(21)16-25)24-18-33-19-24;1-2/h4-5,7-10,15,24-25H,3,6,11-14,16-19H2,1-2H3;1-2H3. The number of aryl methyl sites for hydroxylation is 1. The van der Waals surface area contributed by atoms with Gasteiger partial charge >= 0.3 is 0 Å². The van der Waals surface area contributed by atoms with Crippen molar-refractivity contribution in [1.82, 2.24) is 4.90 Å². The minimum atomic E-state index is 0.596. The zero-order chi connectivity index (χ0) is 24.8. The third-order valence-electron chi connectivity index (χ3n) is 7.62. The highest BCUT2D eigenvalue weighted by molar-refractivity contribution is 6.34. The second-order valence-corrected chi connectivity index (χ2v) is 10.3. The number of hydrogen-bond donors (Lipinski definition) is 0. The van der Waals surface area contributed by atoms with Gasteiger partial charge in [0.2, 0.25) is 0 Å². The lowest BCUT2D eigenvalue weighted by atomic mass is 9.84. The maximum Gasteiger partial charge on any atom is 0.0557 e. The van der Waals surface area contributed by atoms with E-state index in [2.05, 4.69) is 49.1 Å². The Morgan fingerprint density at radius 2 is 1.89 bits per heavy atom. The fraction of sp³-hybridized carbons (Fsp3) is 0.516. The first-order valence-electron chi connectivity index (χ1n) is 13.6. The van der Waals surface area contributed by atoms with Crippen molar-refractivity contribution in [2.24, 2.45) is 4.99 Å². The molecule has 0 N–H and O–H groups in total. The number of aliphatic imine (C=N–C) groups is 1. The molecule has 1 fully saturated rings. The first-order chi connectivity index (χ1) is 17.1. The van der Waals surface area contributed by atoms with Gasteiger partial charge in [0.15, 0.2) is 0 Å². The molecule has 1 unspecified atom stereocenters. The number of ether oxygens (including phenoxy) is 1. The molecule has 3 aliphatic rings. The third kappa shape index (κ3) is 6.07. The van der Waals surface area contributed by atoms with Crippen molar-refractivity contribution in [3.8, 4) is 0 Å². The Morgan fingerprint density at radius 1 is 1.09 bits per heavy atom. The van der Waals surface area contributed by atoms with Crippen LogP contribution in [0.2, 0.25) is 5.02 Å². The molecule has 0 bridgehead atoms. The molecule has 1 aliphatic carbocycles. The number of halogens is 1. The molecule has 2 aromatic carbocycles. The molecule has 3 nitrogen and oxygen atoms in total. The fourth-order valence-electron chi connectivity index (χ4n) is 5.40. The number of benzene rings is 2. The lowest BCUT2D eigenvalue weighted by molar-refractivity contribution is 0.00837. The number of fused-ring (bicyclic) bond motifs is 1. The Hall–Kier alpha value is -1.94. The predicted molar refractivity (Wildman–Crippen MR) is 149 cm³/mol. The molecule has 5 rings (SSSR count). The van der Waals surface area contributed by atoms with Gasteiger partial charge in [0.25, 0.3) is 0 Å². The molecular weight excluding hydrogens is 452 g/mol. The van der Waals surface area contributed by atoms with E-state index in [1.807, 2.05) is 26.0 Å². The van der Waals surface area contributed by atoms with E-state index in [1.165, 1.54) is 29.7 Å². The molecule has 1 atom stereocenters. The van der Waals surface area contributed by atoms with Crippen molar-refractivity contribution >= 4 is 17.3 Å². The van der Waals surface area contributed by atoms with E-state index in [1.54, 1.807) is 11.1 Å². The number of nitrogens with zero attached hydrogens (tertiary/aromatic N) is 2. The molecule has 1 saturated heterocycles. The van der Waals surface area contributed by atoms with Crippen LogP contribution >= 0.6 is 11.6 Å². The van der Waals surface area contributed by atoms with E-state index in [4.69, 9.17) is 21.3 Å². The summed E-state index contributed by atoms with van der Waals surface area (Å²) in [5.41, 5.74) is 9.43. The summed E-state index contributed by atoms with van der Waals surface area (Å²) in [6, 6.07) is 15.9. The molecule has 4 heteroatoms. The van der Waals surface area contributed by atoms with Crippen LogP contribution in [0.15, 0.2) is 58.7 Å². The Balaban J connectivity index is 0.00000141. The average molecular weight is 493 g/mol. The Bertz CT molecular complexity index is 1070. The van der Waals surface area contributed by atoms with Crippen LogP contribution in [-0.4, -0.2) is 43.0 Å². The van der Waals surface area contributed by atoms with Gasteiger partial charge in [0.1, 0.15) is 0 Å². The van der Waals surface area contributed by atoms with Gasteiger partial charge in [-0.15, -0.1) is 0 Å². The lowest BCUT2D eigenvalue weighted by Crippen LogP contribution is -2.43. The smallest absolute Gasteiger partial charge is 0.0557 e. The van der Waals surface area contributed by atoms with E-state index in [9.17, 15) is 0 Å². The molecule has 0 saturated carbocycles. The molecule has 188 valence electrons. The van der Waals surface area contributed by atoms with Crippen molar-refractivity contribution in [2.75, 3.05) is 26.3 Å². The van der Waals surface area contributed by atoms with Gasteiger partial charge in [0, 0.05) is 41.3 Å². The van der Waals surface area contributed by atoms with Gasteiger partial charge < -0.3 is 4.74 Å². The summed E-state index contributed by atoms with van der Waals surface area (Å²) < 4.78 is 5.43. The molecule has 35 heavy (non-hydrogen) atoms. The van der Waals surface area contributed by atoms with E-state index in [-0.39, 0.29) is 0 Å². The summed E-state index contributed by atoms with van der Waals surface area (Å²) >= 11 is 6.54. The predicted octanol–water partition coefficient (Wildman–Crippen LogP) is 7.61. The summed E-state index contributed by atoms with van der Waals surface area (Å²) in [4.78, 5) is 7.92. The second kappa shape index (κ2) is 12.3. The lowest BCUT2D eigenvalue weighted by Gasteiger charge is -2.38. The fourth-order valence-corrected chi connectivity index (χ4v) is 5.65. The van der Waals surface area contributed by atoms with E-state index >= 15 is 0 Å². The highest BCUT2D eigenvalue weighted by Gasteiger charge is 2.29. The zero-order valence-electron chi connectivity index (χ0n) is 21.9. The number of rotatable bonds is 6. The van der Waals surface area contributed by atoms with Crippen LogP contribution < -0.4 is 0 Å². The summed E-state index contributed by atoms with van der Waals surface area (Å²) in [7, 11) is 0. The Kier molecular flexibility index (Phi) is 9.21. The van der Waals surface area contributed by atoms with Crippen LogP contribution in [0.1, 0.15) is 81.5 Å². The molecule has 2 heterocycles. The maximum absolute atomic E-state index is 6.54. The van der Waals surface area contributed by atoms with Gasteiger partial charge in [-0.25, -0.2) is 0 Å². The molecule has 0 radical (unpaired) electrons. The zero-order valence-corrected chi connectivity index (χ0v) is 22.7. The van der Waals surface area contributed by atoms with Gasteiger partial charge in [-0.2, -0.15) is 0 Å². The van der Waals surface area contributed by atoms with Crippen LogP contribution in [0.25, 0.3) is 0 Å². The van der Waals surface area contributed by atoms with Crippen molar-refractivity contribution in [1.29, 1.82) is 0 Å². The Labute approximate surface area is 217 Å². The average Bonchev–Trinajstić information content (AvgIpc) is 2.85. The minimum absolute atomic E-state index is 0.596. The molecule has 0 amide bonds. The SMILES string of the molecule is CC.CCCC(=NC1=C(C)CCN(C2CCc3ccc(C4COC4)cc3C2)C1)c1ccccc1Cl. The van der Waals surface area contributed by atoms with E-state index in [0.717, 1.165) is 68.3 Å². The highest BCUT2D eigenvalue weighted by atomic mass is 35.5. The van der Waals surface area contributed by atoms with Crippen molar-refractivity contribution in [3.63, 3.8) is 0 Å². The van der Waals surface area contributed by atoms with Crippen molar-refractivity contribution in [3.05, 3.63) is 81.0 Å². The van der Waals surface area contributed by atoms with Gasteiger partial charge in [-0.1, -0.05) is 75.2 Å². The molecule has 2 aromatic rings. The first-order valence-corrected chi connectivity index (χ1v) is 13.9. The minimum Gasteiger partial charge on any atom is -0.380 e. The molecule has 0 aromatic heterocycles. The largest absolute Gasteiger partial charge is 0.380 e.